The highest BCUT2D eigenvalue weighted by Gasteiger charge is 2.19. The van der Waals surface area contributed by atoms with E-state index in [1.807, 2.05) is 0 Å². The average Bonchev–Trinajstić information content (AvgIpc) is 2.75. The Kier molecular flexibility index (Phi) is 6.69. The van der Waals surface area contributed by atoms with Crippen LogP contribution in [0.1, 0.15) is 31.8 Å². The lowest BCUT2D eigenvalue weighted by atomic mass is 10.1. The van der Waals surface area contributed by atoms with Crippen LogP contribution in [0.25, 0.3) is 0 Å². The molecule has 0 aliphatic rings. The van der Waals surface area contributed by atoms with Gasteiger partial charge in [0.25, 0.3) is 11.4 Å². The highest BCUT2D eigenvalue weighted by Crippen LogP contribution is 2.31. The van der Waals surface area contributed by atoms with E-state index in [4.69, 9.17) is 21.1 Å². The number of halogens is 1. The molecule has 3 aromatic rings. The molecule has 0 aliphatic carbocycles. The fourth-order valence-electron chi connectivity index (χ4n) is 2.82. The second-order valence-corrected chi connectivity index (χ2v) is 7.30. The third-order valence-corrected chi connectivity index (χ3v) is 4.89. The van der Waals surface area contributed by atoms with Gasteiger partial charge in [0, 0.05) is 29.3 Å². The van der Waals surface area contributed by atoms with Gasteiger partial charge < -0.3 is 9.47 Å². The topological polar surface area (TPSA) is 139 Å². The van der Waals surface area contributed by atoms with Gasteiger partial charge in [0.15, 0.2) is 0 Å². The maximum Gasteiger partial charge on any atom is 0.343 e. The van der Waals surface area contributed by atoms with E-state index in [9.17, 15) is 29.8 Å². The normalized spacial score (nSPS) is 10.4. The molecule has 3 aromatic carbocycles. The molecule has 33 heavy (non-hydrogen) atoms. The van der Waals surface area contributed by atoms with Gasteiger partial charge in [0.1, 0.15) is 11.5 Å². The molecule has 0 amide bonds. The van der Waals surface area contributed by atoms with Crippen LogP contribution in [0.15, 0.2) is 54.6 Å². The van der Waals surface area contributed by atoms with Crippen molar-refractivity contribution in [1.29, 1.82) is 0 Å². The van der Waals surface area contributed by atoms with Crippen molar-refractivity contribution in [3.63, 3.8) is 0 Å². The van der Waals surface area contributed by atoms with Crippen molar-refractivity contribution in [1.82, 2.24) is 0 Å². The SMILES string of the molecule is Cc1ccc(C(=O)Oc2ccc(OC(=O)c3ccc(C)c([N+](=O)[O-])c3)c(Cl)c2)cc1[N+](=O)[O-]. The van der Waals surface area contributed by atoms with Crippen LogP contribution in [0.4, 0.5) is 11.4 Å². The highest BCUT2D eigenvalue weighted by molar-refractivity contribution is 6.32. The number of ether oxygens (including phenoxy) is 2. The quantitative estimate of drug-likeness (QED) is 0.207. The average molecular weight is 471 g/mol. The van der Waals surface area contributed by atoms with E-state index in [-0.39, 0.29) is 39.0 Å². The predicted molar refractivity (Wildman–Crippen MR) is 117 cm³/mol. The molecule has 0 spiro atoms. The number of aryl methyl sites for hydroxylation is 2. The molecule has 11 heteroatoms. The van der Waals surface area contributed by atoms with Crippen molar-refractivity contribution in [2.24, 2.45) is 0 Å². The molecule has 0 aliphatic heterocycles. The number of carbonyl (C=O) groups is 2. The lowest BCUT2D eigenvalue weighted by Gasteiger charge is -2.09. The van der Waals surface area contributed by atoms with Crippen LogP contribution < -0.4 is 9.47 Å². The number of hydrogen-bond donors (Lipinski definition) is 0. The number of benzene rings is 3. The Bertz CT molecular complexity index is 1310. The molecule has 0 saturated carbocycles. The molecule has 0 bridgehead atoms. The molecule has 0 fully saturated rings. The molecule has 0 aromatic heterocycles. The van der Waals surface area contributed by atoms with E-state index in [1.54, 1.807) is 13.8 Å². The van der Waals surface area contributed by atoms with Crippen molar-refractivity contribution in [3.8, 4) is 11.5 Å². The second-order valence-electron chi connectivity index (χ2n) is 6.89. The summed E-state index contributed by atoms with van der Waals surface area (Å²) in [6.07, 6.45) is 0. The Hall–Kier alpha value is -4.31. The Morgan fingerprint density at radius 1 is 0.758 bits per heavy atom. The van der Waals surface area contributed by atoms with Gasteiger partial charge in [0.05, 0.1) is 26.0 Å². The number of nitrogens with zero attached hydrogens (tertiary/aromatic N) is 2. The Balaban J connectivity index is 1.75. The minimum Gasteiger partial charge on any atom is -0.423 e. The predicted octanol–water partition coefficient (Wildman–Crippen LogP) is 5.21. The molecular formula is C22H15ClN2O8. The monoisotopic (exact) mass is 470 g/mol. The Labute approximate surface area is 191 Å². The lowest BCUT2D eigenvalue weighted by molar-refractivity contribution is -0.385. The molecule has 0 heterocycles. The van der Waals surface area contributed by atoms with Crippen LogP contribution in [0, 0.1) is 34.1 Å². The van der Waals surface area contributed by atoms with Crippen molar-refractivity contribution < 1.29 is 28.9 Å². The van der Waals surface area contributed by atoms with Crippen LogP contribution in [-0.4, -0.2) is 21.8 Å². The summed E-state index contributed by atoms with van der Waals surface area (Å²) < 4.78 is 10.4. The number of hydrogen-bond acceptors (Lipinski definition) is 8. The van der Waals surface area contributed by atoms with Gasteiger partial charge in [-0.2, -0.15) is 0 Å². The summed E-state index contributed by atoms with van der Waals surface area (Å²) in [5.41, 5.74) is 0.263. The fourth-order valence-corrected chi connectivity index (χ4v) is 3.03. The summed E-state index contributed by atoms with van der Waals surface area (Å²) >= 11 is 6.12. The lowest BCUT2D eigenvalue weighted by Crippen LogP contribution is -2.11. The Morgan fingerprint density at radius 2 is 1.24 bits per heavy atom. The highest BCUT2D eigenvalue weighted by atomic mass is 35.5. The van der Waals surface area contributed by atoms with E-state index in [0.717, 1.165) is 12.1 Å². The molecule has 3 rings (SSSR count). The van der Waals surface area contributed by atoms with Gasteiger partial charge in [-0.05, 0) is 38.1 Å². The van der Waals surface area contributed by atoms with Crippen LogP contribution >= 0.6 is 11.6 Å². The number of rotatable bonds is 6. The third-order valence-electron chi connectivity index (χ3n) is 4.60. The van der Waals surface area contributed by atoms with Crippen molar-refractivity contribution in [2.75, 3.05) is 0 Å². The van der Waals surface area contributed by atoms with Gasteiger partial charge in [-0.15, -0.1) is 0 Å². The summed E-state index contributed by atoms with van der Waals surface area (Å²) in [5, 5.41) is 22.1. The van der Waals surface area contributed by atoms with E-state index >= 15 is 0 Å². The smallest absolute Gasteiger partial charge is 0.343 e. The number of nitro groups is 2. The first-order chi connectivity index (χ1) is 15.6. The third kappa shape index (κ3) is 5.31. The molecular weight excluding hydrogens is 456 g/mol. The van der Waals surface area contributed by atoms with Crippen LogP contribution in [0.5, 0.6) is 11.5 Å². The zero-order valence-corrected chi connectivity index (χ0v) is 18.0. The number of nitro benzene ring substituents is 2. The minimum absolute atomic E-state index is 0.0130. The van der Waals surface area contributed by atoms with Gasteiger partial charge in [-0.1, -0.05) is 23.7 Å². The van der Waals surface area contributed by atoms with Gasteiger partial charge in [0.2, 0.25) is 0 Å². The van der Waals surface area contributed by atoms with Crippen molar-refractivity contribution >= 4 is 34.9 Å². The molecule has 0 N–H and O–H groups in total. The van der Waals surface area contributed by atoms with Gasteiger partial charge >= 0.3 is 11.9 Å². The van der Waals surface area contributed by atoms with E-state index in [1.165, 1.54) is 42.5 Å². The summed E-state index contributed by atoms with van der Waals surface area (Å²) in [6, 6.07) is 11.7. The molecule has 0 saturated heterocycles. The summed E-state index contributed by atoms with van der Waals surface area (Å²) in [4.78, 5) is 45.6. The van der Waals surface area contributed by atoms with Crippen molar-refractivity contribution in [2.45, 2.75) is 13.8 Å². The first kappa shape index (κ1) is 23.4. The zero-order valence-electron chi connectivity index (χ0n) is 17.2. The molecule has 10 nitrogen and oxygen atoms in total. The first-order valence-electron chi connectivity index (χ1n) is 9.31. The fraction of sp³-hybridized carbons (Fsp3) is 0.0909. The number of carbonyl (C=O) groups excluding carboxylic acids is 2. The second kappa shape index (κ2) is 9.45. The largest absolute Gasteiger partial charge is 0.423 e. The molecule has 168 valence electrons. The summed E-state index contributed by atoms with van der Waals surface area (Å²) in [7, 11) is 0. The number of esters is 2. The molecule has 0 radical (unpaired) electrons. The standard InChI is InChI=1S/C22H15ClN2O8/c1-12-3-5-14(9-18(12)24(28)29)21(26)32-16-7-8-20(17(23)11-16)33-22(27)15-6-4-13(2)19(10-15)25(30)31/h3-11H,1-2H3. The maximum absolute atomic E-state index is 12.4. The van der Waals surface area contributed by atoms with Crippen LogP contribution in [0.2, 0.25) is 5.02 Å². The van der Waals surface area contributed by atoms with Gasteiger partial charge in [-0.3, -0.25) is 20.2 Å². The molecule has 0 unspecified atom stereocenters. The zero-order chi connectivity index (χ0) is 24.3. The van der Waals surface area contributed by atoms with E-state index < -0.39 is 21.8 Å². The van der Waals surface area contributed by atoms with E-state index in [0.29, 0.717) is 11.1 Å². The first-order valence-corrected chi connectivity index (χ1v) is 9.68. The van der Waals surface area contributed by atoms with Gasteiger partial charge in [-0.25, -0.2) is 9.59 Å². The minimum atomic E-state index is -0.864. The summed E-state index contributed by atoms with van der Waals surface area (Å²) in [6.45, 7) is 3.08. The van der Waals surface area contributed by atoms with Crippen LogP contribution in [-0.2, 0) is 0 Å². The Morgan fingerprint density at radius 3 is 1.70 bits per heavy atom. The van der Waals surface area contributed by atoms with Crippen molar-refractivity contribution in [3.05, 3.63) is 102 Å². The summed E-state index contributed by atoms with van der Waals surface area (Å²) in [5.74, 6) is -1.75. The van der Waals surface area contributed by atoms with E-state index in [2.05, 4.69) is 0 Å². The maximum atomic E-state index is 12.4. The van der Waals surface area contributed by atoms with Crippen LogP contribution in [0.3, 0.4) is 0 Å². The molecule has 0 atom stereocenters.